The van der Waals surface area contributed by atoms with Gasteiger partial charge in [0.15, 0.2) is 5.76 Å². The van der Waals surface area contributed by atoms with Gasteiger partial charge >= 0.3 is 0 Å². The van der Waals surface area contributed by atoms with E-state index in [1.165, 1.54) is 0 Å². The lowest BCUT2D eigenvalue weighted by atomic mass is 10.1. The largest absolute Gasteiger partial charge is 0.454 e. The average molecular weight is 410 g/mol. The molecule has 0 fully saturated rings. The fourth-order valence-corrected chi connectivity index (χ4v) is 3.27. The van der Waals surface area contributed by atoms with Crippen molar-refractivity contribution in [1.29, 1.82) is 5.26 Å². The third kappa shape index (κ3) is 4.41. The van der Waals surface area contributed by atoms with Crippen LogP contribution in [0, 0.1) is 11.3 Å². The molecule has 0 aliphatic heterocycles. The fourth-order valence-electron chi connectivity index (χ4n) is 3.27. The lowest BCUT2D eigenvalue weighted by Crippen LogP contribution is -2.25. The minimum absolute atomic E-state index is 0.0288. The monoisotopic (exact) mass is 410 g/mol. The highest BCUT2D eigenvalue weighted by Crippen LogP contribution is 2.31. The van der Waals surface area contributed by atoms with Crippen molar-refractivity contribution in [3.8, 4) is 23.2 Å². The predicted molar refractivity (Wildman–Crippen MR) is 120 cm³/mol. The lowest BCUT2D eigenvalue weighted by molar-refractivity contribution is -0.117. The van der Waals surface area contributed by atoms with Crippen LogP contribution in [0.25, 0.3) is 34.2 Å². The number of hydrogen-bond acceptors (Lipinski definition) is 4. The number of para-hydroxylation sites is 2. The van der Waals surface area contributed by atoms with Gasteiger partial charge in [-0.05, 0) is 36.8 Å². The number of nitrogens with one attached hydrogen (secondary N) is 1. The summed E-state index contributed by atoms with van der Waals surface area (Å²) >= 11 is 0. The van der Waals surface area contributed by atoms with Crippen LogP contribution >= 0.6 is 0 Å². The summed E-state index contributed by atoms with van der Waals surface area (Å²) in [5.41, 5.74) is 2.84. The van der Waals surface area contributed by atoms with E-state index in [4.69, 9.17) is 9.52 Å². The number of aromatic nitrogens is 2. The number of nitrogens with zero attached hydrogens (tertiary/aromatic N) is 3. The maximum Gasteiger partial charge on any atom is 0.261 e. The highest BCUT2D eigenvalue weighted by molar-refractivity contribution is 6.02. The first-order valence-electron chi connectivity index (χ1n) is 10.2. The number of unbranched alkanes of at least 4 members (excludes halogenated alkanes) is 1. The molecule has 0 saturated heterocycles. The summed E-state index contributed by atoms with van der Waals surface area (Å²) < 4.78 is 7.73. The Morgan fingerprint density at radius 1 is 1.19 bits per heavy atom. The molecule has 4 aromatic rings. The predicted octanol–water partition coefficient (Wildman–Crippen LogP) is 5.11. The Bertz CT molecular complexity index is 1240. The summed E-state index contributed by atoms with van der Waals surface area (Å²) in [6.45, 7) is 2.58. The second-order valence-corrected chi connectivity index (χ2v) is 7.14. The maximum atomic E-state index is 12.5. The highest BCUT2D eigenvalue weighted by atomic mass is 16.3. The van der Waals surface area contributed by atoms with E-state index in [2.05, 4.69) is 5.32 Å². The Morgan fingerprint density at radius 2 is 1.97 bits per heavy atom. The first-order chi connectivity index (χ1) is 15.2. The van der Waals surface area contributed by atoms with Gasteiger partial charge in [-0.3, -0.25) is 4.79 Å². The Kier molecular flexibility index (Phi) is 5.95. The van der Waals surface area contributed by atoms with Crippen molar-refractivity contribution in [3.05, 3.63) is 78.0 Å². The van der Waals surface area contributed by atoms with Crippen molar-refractivity contribution < 1.29 is 9.21 Å². The first-order valence-corrected chi connectivity index (χ1v) is 10.2. The van der Waals surface area contributed by atoms with Gasteiger partial charge in [0.05, 0.1) is 5.69 Å². The van der Waals surface area contributed by atoms with Crippen LogP contribution in [0.1, 0.15) is 25.3 Å². The van der Waals surface area contributed by atoms with Gasteiger partial charge in [0.1, 0.15) is 22.9 Å². The number of fused-ring (bicyclic) bond motifs is 1. The second kappa shape index (κ2) is 9.14. The molecule has 0 aliphatic carbocycles. The van der Waals surface area contributed by atoms with E-state index in [-0.39, 0.29) is 11.5 Å². The van der Waals surface area contributed by atoms with Crippen molar-refractivity contribution in [2.75, 3.05) is 6.54 Å². The molecule has 0 spiro atoms. The van der Waals surface area contributed by atoms with Gasteiger partial charge in [0.25, 0.3) is 5.91 Å². The second-order valence-electron chi connectivity index (χ2n) is 7.14. The van der Waals surface area contributed by atoms with E-state index in [0.29, 0.717) is 23.6 Å². The molecule has 0 saturated carbocycles. The van der Waals surface area contributed by atoms with Crippen LogP contribution in [-0.4, -0.2) is 22.2 Å². The van der Waals surface area contributed by atoms with Crippen molar-refractivity contribution in [2.45, 2.75) is 19.8 Å². The van der Waals surface area contributed by atoms with Crippen LogP contribution in [-0.2, 0) is 4.79 Å². The van der Waals surface area contributed by atoms with E-state index < -0.39 is 0 Å². The van der Waals surface area contributed by atoms with Crippen LogP contribution in [0.2, 0.25) is 0 Å². The number of furan rings is 1. The smallest absolute Gasteiger partial charge is 0.261 e. The zero-order chi connectivity index (χ0) is 21.6. The maximum absolute atomic E-state index is 12.5. The van der Waals surface area contributed by atoms with E-state index in [0.717, 1.165) is 29.5 Å². The molecule has 2 aromatic carbocycles. The Balaban J connectivity index is 1.79. The van der Waals surface area contributed by atoms with Crippen LogP contribution in [0.3, 0.4) is 0 Å². The van der Waals surface area contributed by atoms with Crippen molar-refractivity contribution >= 4 is 23.0 Å². The molecule has 1 N–H and O–H groups in total. The van der Waals surface area contributed by atoms with Crippen LogP contribution in [0.4, 0.5) is 0 Å². The third-order valence-electron chi connectivity index (χ3n) is 4.90. The molecule has 1 amide bonds. The summed E-state index contributed by atoms with van der Waals surface area (Å²) in [5.74, 6) is 0.185. The summed E-state index contributed by atoms with van der Waals surface area (Å²) in [7, 11) is 0. The van der Waals surface area contributed by atoms with Gasteiger partial charge in [-0.15, -0.1) is 0 Å². The molecule has 2 heterocycles. The van der Waals surface area contributed by atoms with Crippen molar-refractivity contribution in [1.82, 2.24) is 15.1 Å². The lowest BCUT2D eigenvalue weighted by Gasteiger charge is -2.02. The molecular formula is C25H22N4O2. The zero-order valence-corrected chi connectivity index (χ0v) is 17.2. The van der Waals surface area contributed by atoms with E-state index in [9.17, 15) is 10.1 Å². The van der Waals surface area contributed by atoms with E-state index in [1.54, 1.807) is 17.0 Å². The molecule has 0 bridgehead atoms. The molecule has 2 aromatic heterocycles. The van der Waals surface area contributed by atoms with Gasteiger partial charge in [-0.25, -0.2) is 4.68 Å². The molecule has 31 heavy (non-hydrogen) atoms. The molecule has 4 rings (SSSR count). The summed E-state index contributed by atoms with van der Waals surface area (Å²) in [4.78, 5) is 12.5. The zero-order valence-electron chi connectivity index (χ0n) is 17.2. The van der Waals surface area contributed by atoms with Crippen molar-refractivity contribution in [2.24, 2.45) is 0 Å². The molecular weight excluding hydrogens is 388 g/mol. The number of nitriles is 1. The standard InChI is InChI=1S/C25H22N4O2/c1-2-3-13-27-25(30)19(16-26)14-20-17-29(21-10-5-4-6-11-21)28-24(20)23-15-18-9-7-8-12-22(18)31-23/h4-12,14-15,17H,2-3,13H2,1H3,(H,27,30)/b19-14+. The first kappa shape index (κ1) is 20.2. The number of benzene rings is 2. The number of hydrogen-bond donors (Lipinski definition) is 1. The van der Waals surface area contributed by atoms with Gasteiger partial charge in [0, 0.05) is 23.7 Å². The van der Waals surface area contributed by atoms with Gasteiger partial charge < -0.3 is 9.73 Å². The summed E-state index contributed by atoms with van der Waals surface area (Å²) in [6, 6.07) is 21.3. The third-order valence-corrected chi connectivity index (χ3v) is 4.90. The SMILES string of the molecule is CCCCNC(=O)/C(C#N)=C/c1cn(-c2ccccc2)nc1-c1cc2ccccc2o1. The molecule has 0 aliphatic rings. The molecule has 154 valence electrons. The Hall–Kier alpha value is -4.11. The van der Waals surface area contributed by atoms with Crippen LogP contribution in [0.15, 0.2) is 76.9 Å². The molecule has 0 atom stereocenters. The summed E-state index contributed by atoms with van der Waals surface area (Å²) in [6.07, 6.45) is 5.19. The summed E-state index contributed by atoms with van der Waals surface area (Å²) in [5, 5.41) is 18.0. The van der Waals surface area contributed by atoms with E-state index >= 15 is 0 Å². The van der Waals surface area contributed by atoms with Gasteiger partial charge in [0.2, 0.25) is 0 Å². The van der Waals surface area contributed by atoms with Crippen molar-refractivity contribution in [3.63, 3.8) is 0 Å². The molecule has 6 heteroatoms. The Morgan fingerprint density at radius 3 is 2.71 bits per heavy atom. The topological polar surface area (TPSA) is 83.9 Å². The Labute approximate surface area is 180 Å². The minimum atomic E-state index is -0.390. The molecule has 6 nitrogen and oxygen atoms in total. The van der Waals surface area contributed by atoms with Gasteiger partial charge in [-0.2, -0.15) is 10.4 Å². The van der Waals surface area contributed by atoms with E-state index in [1.807, 2.05) is 73.7 Å². The van der Waals surface area contributed by atoms with Gasteiger partial charge in [-0.1, -0.05) is 49.7 Å². The number of amides is 1. The molecule has 0 unspecified atom stereocenters. The average Bonchev–Trinajstić information content (AvgIpc) is 3.42. The number of carbonyl (C=O) groups is 1. The highest BCUT2D eigenvalue weighted by Gasteiger charge is 2.17. The number of carbonyl (C=O) groups excluding carboxylic acids is 1. The van der Waals surface area contributed by atoms with Crippen LogP contribution < -0.4 is 5.32 Å². The normalized spacial score (nSPS) is 11.4. The van der Waals surface area contributed by atoms with Crippen LogP contribution in [0.5, 0.6) is 0 Å². The molecule has 0 radical (unpaired) electrons. The number of rotatable bonds is 7. The quantitative estimate of drug-likeness (QED) is 0.261. The fraction of sp³-hybridized carbons (Fsp3) is 0.160. The minimum Gasteiger partial charge on any atom is -0.454 e.